The van der Waals surface area contributed by atoms with E-state index in [2.05, 4.69) is 10.2 Å². The van der Waals surface area contributed by atoms with E-state index < -0.39 is 0 Å². The standard InChI is InChI=1S/C20H15F2N3/c21-16-7-5-14(6-8-16)19-9-10-20(24-23-19)25-12-11-15(13-25)17-3-1-2-4-18(17)22/h1-11H,12-13H2. The maximum atomic E-state index is 13.9. The van der Waals surface area contributed by atoms with E-state index in [9.17, 15) is 8.78 Å². The van der Waals surface area contributed by atoms with E-state index >= 15 is 0 Å². The van der Waals surface area contributed by atoms with Gasteiger partial charge in [-0.05, 0) is 48.0 Å². The third kappa shape index (κ3) is 3.13. The van der Waals surface area contributed by atoms with Crippen LogP contribution in [0.1, 0.15) is 5.56 Å². The van der Waals surface area contributed by atoms with Gasteiger partial charge in [0.15, 0.2) is 5.82 Å². The van der Waals surface area contributed by atoms with Crippen LogP contribution in [-0.4, -0.2) is 23.3 Å². The summed E-state index contributed by atoms with van der Waals surface area (Å²) in [4.78, 5) is 2.03. The molecule has 0 N–H and O–H groups in total. The average Bonchev–Trinajstić information content (AvgIpc) is 3.13. The molecule has 0 bridgehead atoms. The topological polar surface area (TPSA) is 29.0 Å². The first kappa shape index (κ1) is 15.4. The Hall–Kier alpha value is -3.08. The zero-order valence-electron chi connectivity index (χ0n) is 13.4. The molecule has 5 heteroatoms. The van der Waals surface area contributed by atoms with Crippen LogP contribution in [0.3, 0.4) is 0 Å². The van der Waals surface area contributed by atoms with E-state index in [1.54, 1.807) is 24.3 Å². The SMILES string of the molecule is Fc1ccc(-c2ccc(N3CC=C(c4ccccc4F)C3)nn2)cc1. The summed E-state index contributed by atoms with van der Waals surface area (Å²) in [5.41, 5.74) is 3.07. The summed E-state index contributed by atoms with van der Waals surface area (Å²) < 4.78 is 26.9. The molecular formula is C20H15F2N3. The van der Waals surface area contributed by atoms with Crippen LogP contribution < -0.4 is 4.90 Å². The molecule has 1 aliphatic heterocycles. The number of rotatable bonds is 3. The lowest BCUT2D eigenvalue weighted by atomic mass is 10.1. The van der Waals surface area contributed by atoms with Crippen molar-refractivity contribution < 1.29 is 8.78 Å². The van der Waals surface area contributed by atoms with Crippen molar-refractivity contribution in [3.05, 3.63) is 83.9 Å². The van der Waals surface area contributed by atoms with E-state index in [-0.39, 0.29) is 11.6 Å². The highest BCUT2D eigenvalue weighted by molar-refractivity contribution is 5.74. The number of anilines is 1. The van der Waals surface area contributed by atoms with Crippen molar-refractivity contribution in [2.75, 3.05) is 18.0 Å². The maximum Gasteiger partial charge on any atom is 0.151 e. The van der Waals surface area contributed by atoms with Crippen molar-refractivity contribution in [1.29, 1.82) is 0 Å². The van der Waals surface area contributed by atoms with Crippen molar-refractivity contribution in [1.82, 2.24) is 10.2 Å². The highest BCUT2D eigenvalue weighted by Gasteiger charge is 2.19. The summed E-state index contributed by atoms with van der Waals surface area (Å²) in [6.07, 6.45) is 2.01. The second-order valence-corrected chi connectivity index (χ2v) is 5.87. The fourth-order valence-electron chi connectivity index (χ4n) is 2.91. The van der Waals surface area contributed by atoms with Gasteiger partial charge in [0.25, 0.3) is 0 Å². The molecule has 1 aliphatic rings. The lowest BCUT2D eigenvalue weighted by Crippen LogP contribution is -2.21. The zero-order chi connectivity index (χ0) is 17.2. The number of aromatic nitrogens is 2. The first-order chi connectivity index (χ1) is 12.2. The summed E-state index contributed by atoms with van der Waals surface area (Å²) in [7, 11) is 0. The lowest BCUT2D eigenvalue weighted by Gasteiger charge is -2.17. The molecular weight excluding hydrogens is 320 g/mol. The lowest BCUT2D eigenvalue weighted by molar-refractivity contribution is 0.623. The molecule has 2 aromatic carbocycles. The Bertz CT molecular complexity index is 918. The highest BCUT2D eigenvalue weighted by atomic mass is 19.1. The quantitative estimate of drug-likeness (QED) is 0.713. The van der Waals surface area contributed by atoms with Crippen LogP contribution in [0.15, 0.2) is 66.7 Å². The summed E-state index contributed by atoms with van der Waals surface area (Å²) in [6.45, 7) is 1.25. The molecule has 25 heavy (non-hydrogen) atoms. The van der Waals surface area contributed by atoms with Crippen molar-refractivity contribution in [2.45, 2.75) is 0 Å². The van der Waals surface area contributed by atoms with Crippen LogP contribution in [-0.2, 0) is 0 Å². The van der Waals surface area contributed by atoms with Crippen LogP contribution in [0, 0.1) is 11.6 Å². The minimum atomic E-state index is -0.280. The second-order valence-electron chi connectivity index (χ2n) is 5.87. The Kier molecular flexibility index (Phi) is 3.98. The van der Waals surface area contributed by atoms with Crippen LogP contribution in [0.4, 0.5) is 14.6 Å². The maximum absolute atomic E-state index is 13.9. The Labute approximate surface area is 144 Å². The van der Waals surface area contributed by atoms with E-state index in [1.165, 1.54) is 18.2 Å². The van der Waals surface area contributed by atoms with Crippen LogP contribution in [0.25, 0.3) is 16.8 Å². The molecule has 0 saturated heterocycles. The Morgan fingerprint density at radius 1 is 0.840 bits per heavy atom. The van der Waals surface area contributed by atoms with Gasteiger partial charge in [0, 0.05) is 24.2 Å². The molecule has 0 saturated carbocycles. The van der Waals surface area contributed by atoms with Gasteiger partial charge < -0.3 is 4.90 Å². The minimum absolute atomic E-state index is 0.214. The number of halogens is 2. The molecule has 0 fully saturated rings. The van der Waals surface area contributed by atoms with Crippen LogP contribution in [0.5, 0.6) is 0 Å². The number of nitrogens with zero attached hydrogens (tertiary/aromatic N) is 3. The summed E-state index contributed by atoms with van der Waals surface area (Å²) in [5.74, 6) is 0.235. The van der Waals surface area contributed by atoms with Crippen molar-refractivity contribution in [3.63, 3.8) is 0 Å². The first-order valence-electron chi connectivity index (χ1n) is 7.99. The molecule has 4 rings (SSSR count). The van der Waals surface area contributed by atoms with Gasteiger partial charge in [0.2, 0.25) is 0 Å². The predicted molar refractivity (Wildman–Crippen MR) is 94.0 cm³/mol. The first-order valence-corrected chi connectivity index (χ1v) is 7.99. The fraction of sp³-hybridized carbons (Fsp3) is 0.100. The second kappa shape index (κ2) is 6.43. The largest absolute Gasteiger partial charge is 0.347 e. The van der Waals surface area contributed by atoms with Crippen molar-refractivity contribution in [2.24, 2.45) is 0 Å². The third-order valence-electron chi connectivity index (χ3n) is 4.25. The molecule has 124 valence electrons. The van der Waals surface area contributed by atoms with Gasteiger partial charge >= 0.3 is 0 Å². The molecule has 0 aliphatic carbocycles. The molecule has 1 aromatic heterocycles. The number of benzene rings is 2. The van der Waals surface area contributed by atoms with Gasteiger partial charge in [-0.15, -0.1) is 10.2 Å². The highest BCUT2D eigenvalue weighted by Crippen LogP contribution is 2.27. The van der Waals surface area contributed by atoms with E-state index in [1.807, 2.05) is 29.2 Å². The van der Waals surface area contributed by atoms with Gasteiger partial charge in [0.1, 0.15) is 11.6 Å². The number of hydrogen-bond donors (Lipinski definition) is 0. The fourth-order valence-corrected chi connectivity index (χ4v) is 2.91. The Balaban J connectivity index is 1.51. The van der Waals surface area contributed by atoms with E-state index in [0.717, 1.165) is 17.0 Å². The van der Waals surface area contributed by atoms with Crippen molar-refractivity contribution >= 4 is 11.4 Å². The van der Waals surface area contributed by atoms with E-state index in [0.29, 0.717) is 24.3 Å². The molecule has 2 heterocycles. The minimum Gasteiger partial charge on any atom is -0.347 e. The Morgan fingerprint density at radius 2 is 1.64 bits per heavy atom. The summed E-state index contributed by atoms with van der Waals surface area (Å²) >= 11 is 0. The van der Waals surface area contributed by atoms with Crippen LogP contribution in [0.2, 0.25) is 0 Å². The molecule has 0 spiro atoms. The molecule has 3 nitrogen and oxygen atoms in total. The zero-order valence-corrected chi connectivity index (χ0v) is 13.4. The van der Waals surface area contributed by atoms with Gasteiger partial charge in [0.05, 0.1) is 5.69 Å². The molecule has 0 atom stereocenters. The summed E-state index contributed by atoms with van der Waals surface area (Å²) in [5, 5.41) is 8.49. The smallest absolute Gasteiger partial charge is 0.151 e. The Morgan fingerprint density at radius 3 is 2.36 bits per heavy atom. The molecule has 0 radical (unpaired) electrons. The molecule has 0 amide bonds. The average molecular weight is 335 g/mol. The normalized spacial score (nSPS) is 13.8. The molecule has 3 aromatic rings. The van der Waals surface area contributed by atoms with Crippen molar-refractivity contribution in [3.8, 4) is 11.3 Å². The van der Waals surface area contributed by atoms with Gasteiger partial charge in [-0.3, -0.25) is 0 Å². The van der Waals surface area contributed by atoms with Gasteiger partial charge in [-0.2, -0.15) is 0 Å². The summed E-state index contributed by atoms with van der Waals surface area (Å²) in [6, 6.07) is 16.7. The number of hydrogen-bond acceptors (Lipinski definition) is 3. The van der Waals surface area contributed by atoms with Gasteiger partial charge in [-0.25, -0.2) is 8.78 Å². The third-order valence-corrected chi connectivity index (χ3v) is 4.25. The molecule has 0 unspecified atom stereocenters. The van der Waals surface area contributed by atoms with E-state index in [4.69, 9.17) is 0 Å². The van der Waals surface area contributed by atoms with Crippen LogP contribution >= 0.6 is 0 Å². The monoisotopic (exact) mass is 335 g/mol. The van der Waals surface area contributed by atoms with Gasteiger partial charge in [-0.1, -0.05) is 24.3 Å². The predicted octanol–water partition coefficient (Wildman–Crippen LogP) is 4.33.